The standard InChI is InChI=1S/C16H19N3O4S/c1-5-23-15(20)12-10-24-16(19(12)2)18-17-9-11-6-7-13(21-3)14(8-11)22-4/h6-10H,5H2,1-4H3. The third-order valence-electron chi connectivity index (χ3n) is 3.17. The molecule has 0 aliphatic heterocycles. The van der Waals surface area contributed by atoms with Crippen LogP contribution in [-0.2, 0) is 11.8 Å². The molecule has 24 heavy (non-hydrogen) atoms. The smallest absolute Gasteiger partial charge is 0.355 e. The molecule has 0 spiro atoms. The molecule has 2 rings (SSSR count). The number of thiazole rings is 1. The maximum Gasteiger partial charge on any atom is 0.355 e. The summed E-state index contributed by atoms with van der Waals surface area (Å²) in [6.07, 6.45) is 1.60. The van der Waals surface area contributed by atoms with Gasteiger partial charge in [0.05, 0.1) is 27.0 Å². The van der Waals surface area contributed by atoms with Crippen LogP contribution < -0.4 is 14.3 Å². The molecule has 1 heterocycles. The lowest BCUT2D eigenvalue weighted by molar-refractivity contribution is 0.0515. The van der Waals surface area contributed by atoms with Gasteiger partial charge in [-0.25, -0.2) is 4.79 Å². The van der Waals surface area contributed by atoms with Crippen molar-refractivity contribution in [1.29, 1.82) is 0 Å². The first-order valence-electron chi connectivity index (χ1n) is 7.21. The van der Waals surface area contributed by atoms with Crippen LogP contribution in [0, 0.1) is 0 Å². The fourth-order valence-corrected chi connectivity index (χ4v) is 2.75. The first-order chi connectivity index (χ1) is 11.6. The summed E-state index contributed by atoms with van der Waals surface area (Å²) >= 11 is 1.32. The molecule has 2 aromatic rings. The Morgan fingerprint density at radius 3 is 2.71 bits per heavy atom. The summed E-state index contributed by atoms with van der Waals surface area (Å²) in [6, 6.07) is 5.44. The summed E-state index contributed by atoms with van der Waals surface area (Å²) in [5.74, 6) is 0.893. The SMILES string of the molecule is CCOC(=O)c1csc(=NN=Cc2ccc(OC)c(OC)c2)n1C. The largest absolute Gasteiger partial charge is 0.493 e. The second kappa shape index (κ2) is 8.30. The van der Waals surface area contributed by atoms with Gasteiger partial charge in [0.2, 0.25) is 4.80 Å². The lowest BCUT2D eigenvalue weighted by Crippen LogP contribution is -2.17. The van der Waals surface area contributed by atoms with Gasteiger partial charge in [-0.3, -0.25) is 0 Å². The highest BCUT2D eigenvalue weighted by Crippen LogP contribution is 2.26. The van der Waals surface area contributed by atoms with Gasteiger partial charge < -0.3 is 18.8 Å². The minimum Gasteiger partial charge on any atom is -0.493 e. The number of ether oxygens (including phenoxy) is 3. The van der Waals surface area contributed by atoms with Crippen LogP contribution in [0.5, 0.6) is 11.5 Å². The van der Waals surface area contributed by atoms with Crippen molar-refractivity contribution in [3.63, 3.8) is 0 Å². The van der Waals surface area contributed by atoms with Crippen molar-refractivity contribution < 1.29 is 19.0 Å². The molecule has 0 aliphatic carbocycles. The third kappa shape index (κ3) is 4.02. The van der Waals surface area contributed by atoms with Crippen LogP contribution in [-0.4, -0.2) is 37.6 Å². The van der Waals surface area contributed by atoms with Crippen LogP contribution >= 0.6 is 11.3 Å². The first-order valence-corrected chi connectivity index (χ1v) is 8.09. The summed E-state index contributed by atoms with van der Waals surface area (Å²) in [7, 11) is 4.90. The van der Waals surface area contributed by atoms with E-state index in [0.29, 0.717) is 28.6 Å². The number of aromatic nitrogens is 1. The van der Waals surface area contributed by atoms with Crippen molar-refractivity contribution in [2.24, 2.45) is 17.3 Å². The van der Waals surface area contributed by atoms with Gasteiger partial charge in [-0.1, -0.05) is 0 Å². The lowest BCUT2D eigenvalue weighted by Gasteiger charge is -2.07. The number of rotatable bonds is 6. The zero-order valence-electron chi connectivity index (χ0n) is 14.0. The minimum absolute atomic E-state index is 0.332. The van der Waals surface area contributed by atoms with Gasteiger partial charge >= 0.3 is 5.97 Å². The Balaban J connectivity index is 2.22. The zero-order valence-corrected chi connectivity index (χ0v) is 14.8. The Morgan fingerprint density at radius 1 is 1.29 bits per heavy atom. The molecule has 0 saturated heterocycles. The molecule has 0 unspecified atom stereocenters. The molecule has 0 fully saturated rings. The van der Waals surface area contributed by atoms with E-state index in [1.807, 2.05) is 6.07 Å². The molecular formula is C16H19N3O4S. The van der Waals surface area contributed by atoms with Crippen LogP contribution in [0.25, 0.3) is 0 Å². The molecule has 0 saturated carbocycles. The second-order valence-corrected chi connectivity index (χ2v) is 5.48. The second-order valence-electron chi connectivity index (χ2n) is 4.64. The van der Waals surface area contributed by atoms with Gasteiger partial charge in [0.1, 0.15) is 5.69 Å². The van der Waals surface area contributed by atoms with Gasteiger partial charge in [0, 0.05) is 12.4 Å². The van der Waals surface area contributed by atoms with Gasteiger partial charge in [0.15, 0.2) is 11.5 Å². The molecular weight excluding hydrogens is 330 g/mol. The highest BCUT2D eigenvalue weighted by molar-refractivity contribution is 7.07. The fraction of sp³-hybridized carbons (Fsp3) is 0.312. The molecule has 0 aliphatic rings. The van der Waals surface area contributed by atoms with Gasteiger partial charge in [-0.15, -0.1) is 16.4 Å². The fourth-order valence-electron chi connectivity index (χ4n) is 1.93. The average Bonchev–Trinajstić information content (AvgIpc) is 2.96. The molecule has 1 aromatic heterocycles. The summed E-state index contributed by atoms with van der Waals surface area (Å²) in [5, 5.41) is 9.89. The predicted molar refractivity (Wildman–Crippen MR) is 91.9 cm³/mol. The topological polar surface area (TPSA) is 74.4 Å². The quantitative estimate of drug-likeness (QED) is 0.455. The van der Waals surface area contributed by atoms with Crippen LogP contribution in [0.4, 0.5) is 0 Å². The number of nitrogens with zero attached hydrogens (tertiary/aromatic N) is 3. The van der Waals surface area contributed by atoms with E-state index in [2.05, 4.69) is 10.2 Å². The van der Waals surface area contributed by atoms with Crippen molar-refractivity contribution in [2.45, 2.75) is 6.92 Å². The molecule has 0 atom stereocenters. The van der Waals surface area contributed by atoms with Crippen molar-refractivity contribution in [3.05, 3.63) is 39.6 Å². The number of benzene rings is 1. The summed E-state index contributed by atoms with van der Waals surface area (Å²) in [6.45, 7) is 2.10. The lowest BCUT2D eigenvalue weighted by atomic mass is 10.2. The van der Waals surface area contributed by atoms with Crippen LogP contribution in [0.2, 0.25) is 0 Å². The Kier molecular flexibility index (Phi) is 6.14. The Labute approximate surface area is 143 Å². The molecule has 128 valence electrons. The number of hydrogen-bond donors (Lipinski definition) is 0. The van der Waals surface area contributed by atoms with Gasteiger partial charge in [-0.05, 0) is 30.7 Å². The highest BCUT2D eigenvalue weighted by atomic mass is 32.1. The monoisotopic (exact) mass is 349 g/mol. The van der Waals surface area contributed by atoms with E-state index >= 15 is 0 Å². The minimum atomic E-state index is -0.374. The van der Waals surface area contributed by atoms with E-state index in [1.165, 1.54) is 11.3 Å². The average molecular weight is 349 g/mol. The Bertz CT molecular complexity index is 808. The van der Waals surface area contributed by atoms with Crippen molar-refractivity contribution in [3.8, 4) is 11.5 Å². The van der Waals surface area contributed by atoms with E-state index in [4.69, 9.17) is 14.2 Å². The van der Waals surface area contributed by atoms with E-state index in [-0.39, 0.29) is 5.97 Å². The number of hydrogen-bond acceptors (Lipinski definition) is 7. The van der Waals surface area contributed by atoms with E-state index in [9.17, 15) is 4.79 Å². The Hall–Kier alpha value is -2.61. The van der Waals surface area contributed by atoms with E-state index in [1.54, 1.807) is 56.5 Å². The maximum absolute atomic E-state index is 11.8. The van der Waals surface area contributed by atoms with Gasteiger partial charge in [-0.2, -0.15) is 5.10 Å². The number of esters is 1. The highest BCUT2D eigenvalue weighted by Gasteiger charge is 2.11. The van der Waals surface area contributed by atoms with Gasteiger partial charge in [0.25, 0.3) is 0 Å². The van der Waals surface area contributed by atoms with E-state index < -0.39 is 0 Å². The maximum atomic E-state index is 11.8. The van der Waals surface area contributed by atoms with Crippen LogP contribution in [0.15, 0.2) is 33.8 Å². The molecule has 0 radical (unpaired) electrons. The Morgan fingerprint density at radius 2 is 2.04 bits per heavy atom. The van der Waals surface area contributed by atoms with Crippen molar-refractivity contribution in [1.82, 2.24) is 4.57 Å². The first kappa shape index (κ1) is 17.7. The number of carbonyl (C=O) groups is 1. The van der Waals surface area contributed by atoms with Crippen LogP contribution in [0.3, 0.4) is 0 Å². The number of methoxy groups -OCH3 is 2. The normalized spacial score (nSPS) is 11.8. The molecule has 0 N–H and O–H groups in total. The molecule has 8 heteroatoms. The predicted octanol–water partition coefficient (Wildman–Crippen LogP) is 2.22. The third-order valence-corrected chi connectivity index (χ3v) is 4.07. The zero-order chi connectivity index (χ0) is 17.5. The molecule has 1 aromatic carbocycles. The summed E-state index contributed by atoms with van der Waals surface area (Å²) in [5.41, 5.74) is 1.27. The molecule has 0 bridgehead atoms. The number of carbonyl (C=O) groups excluding carboxylic acids is 1. The summed E-state index contributed by atoms with van der Waals surface area (Å²) < 4.78 is 17.1. The van der Waals surface area contributed by atoms with Crippen molar-refractivity contribution >= 4 is 23.5 Å². The van der Waals surface area contributed by atoms with Crippen molar-refractivity contribution in [2.75, 3.05) is 20.8 Å². The molecule has 0 amide bonds. The van der Waals surface area contributed by atoms with E-state index in [0.717, 1.165) is 5.56 Å². The summed E-state index contributed by atoms with van der Waals surface area (Å²) in [4.78, 5) is 12.4. The molecule has 7 nitrogen and oxygen atoms in total. The van der Waals surface area contributed by atoms with Crippen LogP contribution in [0.1, 0.15) is 23.0 Å².